The first-order valence-corrected chi connectivity index (χ1v) is 9.07. The van der Waals surface area contributed by atoms with Crippen LogP contribution < -0.4 is 4.31 Å². The van der Waals surface area contributed by atoms with Crippen LogP contribution in [0.1, 0.15) is 34.3 Å². The average Bonchev–Trinajstić information content (AvgIpc) is 2.67. The Labute approximate surface area is 136 Å². The molecule has 0 fully saturated rings. The lowest BCUT2D eigenvalue weighted by Crippen LogP contribution is -2.32. The van der Waals surface area contributed by atoms with Crippen molar-refractivity contribution in [3.8, 4) is 0 Å². The summed E-state index contributed by atoms with van der Waals surface area (Å²) in [7, 11) is -3.68. The van der Waals surface area contributed by atoms with E-state index in [1.807, 2.05) is 19.1 Å². The monoisotopic (exact) mass is 329 g/mol. The molecular formula is C18H19NO3S. The summed E-state index contributed by atoms with van der Waals surface area (Å²) in [6.45, 7) is 4.00. The number of sulfonamides is 1. The minimum atomic E-state index is -3.68. The fourth-order valence-electron chi connectivity index (χ4n) is 2.94. The third-order valence-electron chi connectivity index (χ3n) is 4.15. The van der Waals surface area contributed by atoms with Gasteiger partial charge in [0.25, 0.3) is 10.0 Å². The van der Waals surface area contributed by atoms with Gasteiger partial charge in [-0.25, -0.2) is 8.42 Å². The average molecular weight is 329 g/mol. The molecule has 1 heterocycles. The molecule has 0 saturated heterocycles. The number of hydrogen-bond donors (Lipinski definition) is 0. The normalized spacial score (nSPS) is 15.2. The second kappa shape index (κ2) is 5.81. The number of hydrogen-bond acceptors (Lipinski definition) is 3. The second-order valence-electron chi connectivity index (χ2n) is 5.89. The van der Waals surface area contributed by atoms with E-state index in [0.29, 0.717) is 41.1 Å². The van der Waals surface area contributed by atoms with E-state index < -0.39 is 10.0 Å². The fraction of sp³-hybridized carbons (Fsp3) is 0.278. The van der Waals surface area contributed by atoms with Gasteiger partial charge in [-0.15, -0.1) is 0 Å². The Morgan fingerprint density at radius 3 is 2.52 bits per heavy atom. The van der Waals surface area contributed by atoms with E-state index >= 15 is 0 Å². The van der Waals surface area contributed by atoms with E-state index in [1.54, 1.807) is 37.3 Å². The van der Waals surface area contributed by atoms with Crippen LogP contribution in [0.3, 0.4) is 0 Å². The Hall–Kier alpha value is -2.14. The minimum absolute atomic E-state index is 0.00573. The number of ketones is 1. The van der Waals surface area contributed by atoms with Gasteiger partial charge in [0, 0.05) is 18.5 Å². The number of anilines is 1. The molecule has 1 aliphatic rings. The van der Waals surface area contributed by atoms with Crippen LogP contribution in [-0.4, -0.2) is 20.7 Å². The SMILES string of the molecule is Cc1ccc2c(c1)C(=O)CCCN2S(=O)(=O)c1ccccc1C. The minimum Gasteiger partial charge on any atom is -0.294 e. The number of nitrogens with zero attached hydrogens (tertiary/aromatic N) is 1. The van der Waals surface area contributed by atoms with E-state index in [-0.39, 0.29) is 5.78 Å². The lowest BCUT2D eigenvalue weighted by Gasteiger charge is -2.25. The quantitative estimate of drug-likeness (QED) is 0.847. The van der Waals surface area contributed by atoms with Gasteiger partial charge in [-0.05, 0) is 44.0 Å². The topological polar surface area (TPSA) is 54.5 Å². The zero-order chi connectivity index (χ0) is 16.6. The van der Waals surface area contributed by atoms with Crippen LogP contribution >= 0.6 is 0 Å². The molecule has 0 amide bonds. The first kappa shape index (κ1) is 15.7. The molecule has 0 radical (unpaired) electrons. The van der Waals surface area contributed by atoms with Crippen molar-refractivity contribution in [2.75, 3.05) is 10.8 Å². The largest absolute Gasteiger partial charge is 0.294 e. The molecule has 0 unspecified atom stereocenters. The van der Waals surface area contributed by atoms with Crippen LogP contribution in [0.2, 0.25) is 0 Å². The zero-order valence-corrected chi connectivity index (χ0v) is 14.1. The van der Waals surface area contributed by atoms with Gasteiger partial charge in [-0.2, -0.15) is 0 Å². The molecule has 0 atom stereocenters. The first-order chi connectivity index (χ1) is 10.9. The van der Waals surface area contributed by atoms with Crippen molar-refractivity contribution in [3.05, 3.63) is 59.2 Å². The highest BCUT2D eigenvalue weighted by Crippen LogP contribution is 2.32. The maximum absolute atomic E-state index is 13.1. The van der Waals surface area contributed by atoms with E-state index in [4.69, 9.17) is 0 Å². The van der Waals surface area contributed by atoms with Gasteiger partial charge in [0.1, 0.15) is 0 Å². The standard InChI is InChI=1S/C18H19NO3S/c1-13-9-10-16-15(12-13)17(20)7-5-11-19(16)23(21,22)18-8-4-3-6-14(18)2/h3-4,6,8-10,12H,5,7,11H2,1-2H3. The lowest BCUT2D eigenvalue weighted by atomic mass is 10.0. The van der Waals surface area contributed by atoms with Crippen molar-refractivity contribution >= 4 is 21.5 Å². The Balaban J connectivity index is 2.19. The van der Waals surface area contributed by atoms with Crippen LogP contribution in [0.15, 0.2) is 47.4 Å². The van der Waals surface area contributed by atoms with Crippen molar-refractivity contribution in [1.82, 2.24) is 0 Å². The highest BCUT2D eigenvalue weighted by atomic mass is 32.2. The van der Waals surface area contributed by atoms with Crippen LogP contribution in [0, 0.1) is 13.8 Å². The summed E-state index contributed by atoms with van der Waals surface area (Å²) < 4.78 is 27.6. The molecule has 5 heteroatoms. The molecule has 120 valence electrons. The lowest BCUT2D eigenvalue weighted by molar-refractivity contribution is 0.0983. The summed E-state index contributed by atoms with van der Waals surface area (Å²) in [6.07, 6.45) is 0.897. The summed E-state index contributed by atoms with van der Waals surface area (Å²) >= 11 is 0. The van der Waals surface area contributed by atoms with E-state index in [1.165, 1.54) is 4.31 Å². The van der Waals surface area contributed by atoms with Gasteiger partial charge >= 0.3 is 0 Å². The molecule has 0 N–H and O–H groups in total. The maximum atomic E-state index is 13.1. The Morgan fingerprint density at radius 1 is 1.04 bits per heavy atom. The van der Waals surface area contributed by atoms with Crippen molar-refractivity contribution in [2.24, 2.45) is 0 Å². The van der Waals surface area contributed by atoms with Crippen LogP contribution in [0.25, 0.3) is 0 Å². The molecule has 0 saturated carbocycles. The van der Waals surface area contributed by atoms with Crippen LogP contribution in [0.5, 0.6) is 0 Å². The molecule has 0 aliphatic carbocycles. The fourth-order valence-corrected chi connectivity index (χ4v) is 4.69. The molecule has 4 nitrogen and oxygen atoms in total. The Kier molecular flexibility index (Phi) is 3.98. The highest BCUT2D eigenvalue weighted by Gasteiger charge is 2.31. The molecule has 23 heavy (non-hydrogen) atoms. The number of Topliss-reactive ketones (excluding diaryl/α,β-unsaturated/α-hetero) is 1. The molecule has 3 rings (SSSR count). The molecule has 0 bridgehead atoms. The maximum Gasteiger partial charge on any atom is 0.264 e. The first-order valence-electron chi connectivity index (χ1n) is 7.63. The highest BCUT2D eigenvalue weighted by molar-refractivity contribution is 7.92. The molecule has 0 aromatic heterocycles. The Morgan fingerprint density at radius 2 is 1.78 bits per heavy atom. The van der Waals surface area contributed by atoms with E-state index in [2.05, 4.69) is 0 Å². The van der Waals surface area contributed by atoms with Gasteiger partial charge in [-0.1, -0.05) is 29.8 Å². The molecule has 2 aromatic rings. The number of aryl methyl sites for hydroxylation is 2. The number of benzene rings is 2. The van der Waals surface area contributed by atoms with E-state index in [0.717, 1.165) is 5.56 Å². The van der Waals surface area contributed by atoms with E-state index in [9.17, 15) is 13.2 Å². The molecular weight excluding hydrogens is 310 g/mol. The molecule has 1 aliphatic heterocycles. The van der Waals surface area contributed by atoms with Gasteiger partial charge in [0.15, 0.2) is 5.78 Å². The van der Waals surface area contributed by atoms with Crippen molar-refractivity contribution in [2.45, 2.75) is 31.6 Å². The third kappa shape index (κ3) is 2.77. The summed E-state index contributed by atoms with van der Waals surface area (Å²) in [5.74, 6) is 0.00573. The zero-order valence-electron chi connectivity index (χ0n) is 13.2. The van der Waals surface area contributed by atoms with Crippen molar-refractivity contribution < 1.29 is 13.2 Å². The number of fused-ring (bicyclic) bond motifs is 1. The number of rotatable bonds is 2. The molecule has 0 spiro atoms. The van der Waals surface area contributed by atoms with Gasteiger partial charge < -0.3 is 0 Å². The van der Waals surface area contributed by atoms with Crippen molar-refractivity contribution in [1.29, 1.82) is 0 Å². The smallest absolute Gasteiger partial charge is 0.264 e. The summed E-state index contributed by atoms with van der Waals surface area (Å²) in [5.41, 5.74) is 2.64. The van der Waals surface area contributed by atoms with Gasteiger partial charge in [0.05, 0.1) is 10.6 Å². The predicted molar refractivity (Wildman–Crippen MR) is 90.5 cm³/mol. The van der Waals surface area contributed by atoms with Gasteiger partial charge in [0.2, 0.25) is 0 Å². The third-order valence-corrected chi connectivity index (χ3v) is 6.12. The van der Waals surface area contributed by atoms with Crippen molar-refractivity contribution in [3.63, 3.8) is 0 Å². The summed E-state index contributed by atoms with van der Waals surface area (Å²) in [5, 5.41) is 0. The predicted octanol–water partition coefficient (Wildman–Crippen LogP) is 3.48. The summed E-state index contributed by atoms with van der Waals surface area (Å²) in [6, 6.07) is 12.3. The number of carbonyl (C=O) groups is 1. The van der Waals surface area contributed by atoms with Crippen LogP contribution in [0.4, 0.5) is 5.69 Å². The van der Waals surface area contributed by atoms with Crippen LogP contribution in [-0.2, 0) is 10.0 Å². The van der Waals surface area contributed by atoms with Gasteiger partial charge in [-0.3, -0.25) is 9.10 Å². The number of carbonyl (C=O) groups excluding carboxylic acids is 1. The molecule has 2 aromatic carbocycles. The summed E-state index contributed by atoms with van der Waals surface area (Å²) in [4.78, 5) is 12.6. The second-order valence-corrected chi connectivity index (χ2v) is 7.72. The Bertz CT molecular complexity index is 872.